The molecule has 2 amide bonds. The summed E-state index contributed by atoms with van der Waals surface area (Å²) < 4.78 is 5.98. The summed E-state index contributed by atoms with van der Waals surface area (Å²) in [5.74, 6) is 1.19. The Balaban J connectivity index is 1.58. The van der Waals surface area contributed by atoms with Crippen LogP contribution in [0.5, 0.6) is 5.75 Å². The summed E-state index contributed by atoms with van der Waals surface area (Å²) in [7, 11) is 0. The summed E-state index contributed by atoms with van der Waals surface area (Å²) in [5, 5.41) is 6.46. The molecule has 166 valence electrons. The van der Waals surface area contributed by atoms with Gasteiger partial charge in [-0.15, -0.1) is 0 Å². The summed E-state index contributed by atoms with van der Waals surface area (Å²) in [6.45, 7) is 7.42. The highest BCUT2D eigenvalue weighted by molar-refractivity contribution is 5.81. The summed E-state index contributed by atoms with van der Waals surface area (Å²) >= 11 is 0. The van der Waals surface area contributed by atoms with E-state index in [1.165, 1.54) is 5.56 Å². The minimum Gasteiger partial charge on any atom is -0.489 e. The van der Waals surface area contributed by atoms with Crippen molar-refractivity contribution in [1.82, 2.24) is 15.5 Å². The molecule has 2 saturated heterocycles. The quantitative estimate of drug-likeness (QED) is 0.536. The van der Waals surface area contributed by atoms with Crippen molar-refractivity contribution in [3.63, 3.8) is 0 Å². The SMILES string of the molecule is CC(C)CCC(=O)N(CCc1ccc(O[C@H]2CCNC2)cc1)[C@@H]1CNC(C(N)=O)C1. The van der Waals surface area contributed by atoms with E-state index >= 15 is 0 Å². The summed E-state index contributed by atoms with van der Waals surface area (Å²) in [4.78, 5) is 26.4. The lowest BCUT2D eigenvalue weighted by atomic mass is 10.0. The van der Waals surface area contributed by atoms with E-state index in [-0.39, 0.29) is 30.0 Å². The van der Waals surface area contributed by atoms with Crippen LogP contribution in [0.4, 0.5) is 0 Å². The van der Waals surface area contributed by atoms with E-state index in [4.69, 9.17) is 10.5 Å². The highest BCUT2D eigenvalue weighted by Gasteiger charge is 2.33. The maximum Gasteiger partial charge on any atom is 0.234 e. The monoisotopic (exact) mass is 416 g/mol. The molecule has 7 nitrogen and oxygen atoms in total. The zero-order chi connectivity index (χ0) is 21.5. The number of amides is 2. The Kier molecular flexibility index (Phi) is 8.10. The van der Waals surface area contributed by atoms with E-state index in [9.17, 15) is 9.59 Å². The maximum atomic E-state index is 12.9. The number of hydrogen-bond acceptors (Lipinski definition) is 5. The minimum absolute atomic E-state index is 0.0136. The van der Waals surface area contributed by atoms with Crippen LogP contribution in [0.3, 0.4) is 0 Å². The molecule has 1 unspecified atom stereocenters. The van der Waals surface area contributed by atoms with Gasteiger partial charge >= 0.3 is 0 Å². The standard InChI is InChI=1S/C23H36N4O3/c1-16(2)3-8-22(28)27(18-13-21(23(24)29)26-14-18)12-10-17-4-6-19(7-5-17)30-20-9-11-25-15-20/h4-7,16,18,20-21,25-26H,3,8-15H2,1-2H3,(H2,24,29)/t18-,20-,21?/m0/s1. The van der Waals surface area contributed by atoms with Gasteiger partial charge in [0.1, 0.15) is 11.9 Å². The van der Waals surface area contributed by atoms with Crippen LogP contribution in [-0.2, 0) is 16.0 Å². The van der Waals surface area contributed by atoms with E-state index in [1.54, 1.807) is 0 Å². The molecule has 2 heterocycles. The Morgan fingerprint density at radius 3 is 2.60 bits per heavy atom. The predicted molar refractivity (Wildman–Crippen MR) is 117 cm³/mol. The Morgan fingerprint density at radius 1 is 1.23 bits per heavy atom. The third kappa shape index (κ3) is 6.44. The fraction of sp³-hybridized carbons (Fsp3) is 0.652. The number of carbonyl (C=O) groups excluding carboxylic acids is 2. The molecule has 7 heteroatoms. The van der Waals surface area contributed by atoms with Crippen LogP contribution in [-0.4, -0.2) is 61.1 Å². The summed E-state index contributed by atoms with van der Waals surface area (Å²) in [6, 6.07) is 7.84. The summed E-state index contributed by atoms with van der Waals surface area (Å²) in [6.07, 6.45) is 4.06. The van der Waals surface area contributed by atoms with Crippen molar-refractivity contribution in [3.05, 3.63) is 29.8 Å². The van der Waals surface area contributed by atoms with Crippen LogP contribution in [0.1, 0.15) is 45.1 Å². The third-order valence-corrected chi connectivity index (χ3v) is 6.03. The molecule has 0 aliphatic carbocycles. The number of primary amides is 1. The number of rotatable bonds is 10. The van der Waals surface area contributed by atoms with E-state index in [0.717, 1.165) is 38.1 Å². The third-order valence-electron chi connectivity index (χ3n) is 6.03. The fourth-order valence-corrected chi connectivity index (χ4v) is 4.14. The first-order chi connectivity index (χ1) is 14.4. The number of nitrogens with one attached hydrogen (secondary N) is 2. The molecule has 2 fully saturated rings. The van der Waals surface area contributed by atoms with Crippen molar-refractivity contribution in [2.45, 2.75) is 64.1 Å². The number of carbonyl (C=O) groups is 2. The topological polar surface area (TPSA) is 96.7 Å². The van der Waals surface area contributed by atoms with Gasteiger partial charge in [0, 0.05) is 32.1 Å². The van der Waals surface area contributed by atoms with E-state index in [1.807, 2.05) is 17.0 Å². The van der Waals surface area contributed by atoms with E-state index in [0.29, 0.717) is 31.8 Å². The molecule has 2 aliphatic heterocycles. The van der Waals surface area contributed by atoms with Crippen molar-refractivity contribution in [3.8, 4) is 5.75 Å². The van der Waals surface area contributed by atoms with Crippen LogP contribution < -0.4 is 21.1 Å². The first-order valence-electron chi connectivity index (χ1n) is 11.2. The first kappa shape index (κ1) is 22.6. The normalized spacial score (nSPS) is 23.6. The Hall–Kier alpha value is -2.12. The van der Waals surface area contributed by atoms with E-state index < -0.39 is 0 Å². The molecular weight excluding hydrogens is 380 g/mol. The van der Waals surface area contributed by atoms with Crippen molar-refractivity contribution in [2.24, 2.45) is 11.7 Å². The fourth-order valence-electron chi connectivity index (χ4n) is 4.14. The van der Waals surface area contributed by atoms with Gasteiger partial charge in [0.25, 0.3) is 0 Å². The Labute approximate surface area is 179 Å². The van der Waals surface area contributed by atoms with Crippen LogP contribution in [0, 0.1) is 5.92 Å². The Morgan fingerprint density at radius 2 is 2.00 bits per heavy atom. The van der Waals surface area contributed by atoms with Crippen molar-refractivity contribution in [1.29, 1.82) is 0 Å². The minimum atomic E-state index is -0.350. The van der Waals surface area contributed by atoms with Gasteiger partial charge in [-0.25, -0.2) is 0 Å². The number of hydrogen-bond donors (Lipinski definition) is 3. The molecule has 1 aromatic carbocycles. The zero-order valence-electron chi connectivity index (χ0n) is 18.2. The second-order valence-corrected chi connectivity index (χ2v) is 8.90. The van der Waals surface area contributed by atoms with Gasteiger partial charge in [0.2, 0.25) is 11.8 Å². The first-order valence-corrected chi connectivity index (χ1v) is 11.2. The molecule has 4 N–H and O–H groups in total. The van der Waals surface area contributed by atoms with Crippen LogP contribution >= 0.6 is 0 Å². The molecule has 3 rings (SSSR count). The molecule has 1 aromatic rings. The van der Waals surface area contributed by atoms with Gasteiger partial charge in [-0.1, -0.05) is 26.0 Å². The number of nitrogens with two attached hydrogens (primary N) is 1. The van der Waals surface area contributed by atoms with Gasteiger partial charge in [0.15, 0.2) is 0 Å². The van der Waals surface area contributed by atoms with Crippen LogP contribution in [0.15, 0.2) is 24.3 Å². The van der Waals surface area contributed by atoms with E-state index in [2.05, 4.69) is 36.6 Å². The second kappa shape index (κ2) is 10.8. The average Bonchev–Trinajstić information content (AvgIpc) is 3.40. The molecule has 3 atom stereocenters. The number of nitrogens with zero attached hydrogens (tertiary/aromatic N) is 1. The number of benzene rings is 1. The predicted octanol–water partition coefficient (Wildman–Crippen LogP) is 1.45. The lowest BCUT2D eigenvalue weighted by Gasteiger charge is -2.29. The largest absolute Gasteiger partial charge is 0.489 e. The second-order valence-electron chi connectivity index (χ2n) is 8.90. The molecular formula is C23H36N4O3. The van der Waals surface area contributed by atoms with Crippen LogP contribution in [0.25, 0.3) is 0 Å². The van der Waals surface area contributed by atoms with Crippen LogP contribution in [0.2, 0.25) is 0 Å². The molecule has 0 aromatic heterocycles. The smallest absolute Gasteiger partial charge is 0.234 e. The molecule has 0 spiro atoms. The lowest BCUT2D eigenvalue weighted by Crippen LogP contribution is -2.42. The highest BCUT2D eigenvalue weighted by Crippen LogP contribution is 2.20. The lowest BCUT2D eigenvalue weighted by molar-refractivity contribution is -0.133. The average molecular weight is 417 g/mol. The summed E-state index contributed by atoms with van der Waals surface area (Å²) in [5.41, 5.74) is 6.62. The van der Waals surface area contributed by atoms with Gasteiger partial charge in [0.05, 0.1) is 6.04 Å². The van der Waals surface area contributed by atoms with Crippen molar-refractivity contribution < 1.29 is 14.3 Å². The zero-order valence-corrected chi connectivity index (χ0v) is 18.2. The highest BCUT2D eigenvalue weighted by atomic mass is 16.5. The van der Waals surface area contributed by atoms with Crippen molar-refractivity contribution in [2.75, 3.05) is 26.2 Å². The molecule has 30 heavy (non-hydrogen) atoms. The van der Waals surface area contributed by atoms with Gasteiger partial charge in [-0.3, -0.25) is 9.59 Å². The van der Waals surface area contributed by atoms with Gasteiger partial charge in [-0.2, -0.15) is 0 Å². The molecule has 0 saturated carbocycles. The molecule has 2 aliphatic rings. The number of ether oxygens (including phenoxy) is 1. The molecule has 0 radical (unpaired) electrons. The Bertz CT molecular complexity index is 701. The molecule has 0 bridgehead atoms. The van der Waals surface area contributed by atoms with Gasteiger partial charge in [-0.05, 0) is 55.8 Å². The maximum absolute atomic E-state index is 12.9. The van der Waals surface area contributed by atoms with Crippen molar-refractivity contribution >= 4 is 11.8 Å². The van der Waals surface area contributed by atoms with Gasteiger partial charge < -0.3 is 26.0 Å².